The Morgan fingerprint density at radius 1 is 1.37 bits per heavy atom. The van der Waals surface area contributed by atoms with Crippen LogP contribution in [0, 0.1) is 0 Å². The van der Waals surface area contributed by atoms with E-state index < -0.39 is 6.10 Å². The number of aliphatic hydroxyl groups excluding tert-OH is 1. The molecule has 0 saturated heterocycles. The third-order valence-electron chi connectivity index (χ3n) is 2.56. The van der Waals surface area contributed by atoms with Gasteiger partial charge in [-0.15, -0.1) is 0 Å². The standard InChI is InChI=1S/C14H22BrNO3/c1-3-6-16-8-11-7-13(4-5-14(11)15)19-10-12(17)9-18-2/h4-5,7,12,16-17H,3,6,8-10H2,1-2H3. The van der Waals surface area contributed by atoms with Gasteiger partial charge in [0.1, 0.15) is 18.5 Å². The second-order valence-corrected chi connectivity index (χ2v) is 5.20. The van der Waals surface area contributed by atoms with E-state index in [0.717, 1.165) is 35.3 Å². The molecule has 5 heteroatoms. The molecule has 1 unspecified atom stereocenters. The van der Waals surface area contributed by atoms with Crippen LogP contribution in [0.2, 0.25) is 0 Å². The topological polar surface area (TPSA) is 50.7 Å². The Hall–Kier alpha value is -0.620. The molecule has 19 heavy (non-hydrogen) atoms. The van der Waals surface area contributed by atoms with Crippen molar-refractivity contribution in [2.45, 2.75) is 26.0 Å². The molecule has 0 spiro atoms. The number of ether oxygens (including phenoxy) is 2. The minimum Gasteiger partial charge on any atom is -0.491 e. The van der Waals surface area contributed by atoms with Crippen LogP contribution in [-0.4, -0.2) is 38.1 Å². The molecule has 0 aromatic heterocycles. The van der Waals surface area contributed by atoms with Gasteiger partial charge in [-0.3, -0.25) is 0 Å². The molecular weight excluding hydrogens is 310 g/mol. The first-order chi connectivity index (χ1) is 9.17. The summed E-state index contributed by atoms with van der Waals surface area (Å²) in [6, 6.07) is 5.82. The van der Waals surface area contributed by atoms with Crippen LogP contribution in [0.3, 0.4) is 0 Å². The van der Waals surface area contributed by atoms with E-state index in [1.807, 2.05) is 18.2 Å². The summed E-state index contributed by atoms with van der Waals surface area (Å²) >= 11 is 3.52. The van der Waals surface area contributed by atoms with Gasteiger partial charge in [-0.2, -0.15) is 0 Å². The highest BCUT2D eigenvalue weighted by Crippen LogP contribution is 2.22. The molecule has 0 aliphatic heterocycles. The summed E-state index contributed by atoms with van der Waals surface area (Å²) in [6.07, 6.45) is 0.507. The molecule has 0 heterocycles. The zero-order valence-corrected chi connectivity index (χ0v) is 13.1. The van der Waals surface area contributed by atoms with E-state index in [0.29, 0.717) is 0 Å². The number of methoxy groups -OCH3 is 1. The summed E-state index contributed by atoms with van der Waals surface area (Å²) in [5.74, 6) is 0.756. The van der Waals surface area contributed by atoms with E-state index in [-0.39, 0.29) is 13.2 Å². The minimum atomic E-state index is -0.602. The second-order valence-electron chi connectivity index (χ2n) is 4.35. The summed E-state index contributed by atoms with van der Waals surface area (Å²) in [7, 11) is 1.56. The third-order valence-corrected chi connectivity index (χ3v) is 3.33. The maximum atomic E-state index is 9.54. The van der Waals surface area contributed by atoms with E-state index in [1.165, 1.54) is 0 Å². The van der Waals surface area contributed by atoms with Crippen molar-refractivity contribution < 1.29 is 14.6 Å². The minimum absolute atomic E-state index is 0.233. The zero-order valence-electron chi connectivity index (χ0n) is 11.5. The molecule has 0 aliphatic rings. The summed E-state index contributed by atoms with van der Waals surface area (Å²) in [5.41, 5.74) is 1.15. The van der Waals surface area contributed by atoms with E-state index in [1.54, 1.807) is 7.11 Å². The quantitative estimate of drug-likeness (QED) is 0.682. The molecule has 4 nitrogen and oxygen atoms in total. The monoisotopic (exact) mass is 331 g/mol. The lowest BCUT2D eigenvalue weighted by Crippen LogP contribution is -2.22. The molecule has 0 fully saturated rings. The van der Waals surface area contributed by atoms with E-state index in [9.17, 15) is 5.11 Å². The molecule has 1 atom stereocenters. The highest BCUT2D eigenvalue weighted by molar-refractivity contribution is 9.10. The number of aliphatic hydroxyl groups is 1. The Morgan fingerprint density at radius 2 is 2.16 bits per heavy atom. The Bertz CT molecular complexity index is 374. The van der Waals surface area contributed by atoms with E-state index >= 15 is 0 Å². The van der Waals surface area contributed by atoms with Crippen molar-refractivity contribution >= 4 is 15.9 Å². The fraction of sp³-hybridized carbons (Fsp3) is 0.571. The van der Waals surface area contributed by atoms with E-state index in [4.69, 9.17) is 9.47 Å². The molecule has 1 aromatic carbocycles. The van der Waals surface area contributed by atoms with Gasteiger partial charge in [-0.1, -0.05) is 22.9 Å². The Kier molecular flexibility index (Phi) is 8.05. The molecule has 0 amide bonds. The number of hydrogen-bond acceptors (Lipinski definition) is 4. The van der Waals surface area contributed by atoms with Crippen LogP contribution in [0.15, 0.2) is 22.7 Å². The molecule has 0 radical (unpaired) electrons. The number of halogens is 1. The maximum absolute atomic E-state index is 9.54. The van der Waals surface area contributed by atoms with Gasteiger partial charge in [-0.05, 0) is 36.7 Å². The van der Waals surface area contributed by atoms with Crippen LogP contribution >= 0.6 is 15.9 Å². The Balaban J connectivity index is 2.52. The van der Waals surface area contributed by atoms with Crippen LogP contribution in [0.4, 0.5) is 0 Å². The maximum Gasteiger partial charge on any atom is 0.119 e. The van der Waals surface area contributed by atoms with Crippen LogP contribution in [-0.2, 0) is 11.3 Å². The Labute approximate surface area is 123 Å². The molecule has 2 N–H and O–H groups in total. The first kappa shape index (κ1) is 16.4. The van der Waals surface area contributed by atoms with Gasteiger partial charge < -0.3 is 19.9 Å². The number of rotatable bonds is 9. The van der Waals surface area contributed by atoms with Crippen molar-refractivity contribution in [2.24, 2.45) is 0 Å². The lowest BCUT2D eigenvalue weighted by molar-refractivity contribution is 0.0325. The zero-order chi connectivity index (χ0) is 14.1. The summed E-state index contributed by atoms with van der Waals surface area (Å²) in [5, 5.41) is 12.9. The fourth-order valence-corrected chi connectivity index (χ4v) is 2.00. The first-order valence-corrected chi connectivity index (χ1v) is 7.25. The van der Waals surface area contributed by atoms with Crippen molar-refractivity contribution in [3.8, 4) is 5.75 Å². The summed E-state index contributed by atoms with van der Waals surface area (Å²) in [6.45, 7) is 4.44. The second kappa shape index (κ2) is 9.31. The number of nitrogens with one attached hydrogen (secondary N) is 1. The molecule has 1 rings (SSSR count). The first-order valence-electron chi connectivity index (χ1n) is 6.46. The van der Waals surface area contributed by atoms with Crippen molar-refractivity contribution in [3.63, 3.8) is 0 Å². The SMILES string of the molecule is CCCNCc1cc(OCC(O)COC)ccc1Br. The highest BCUT2D eigenvalue weighted by Gasteiger charge is 2.06. The molecule has 0 aliphatic carbocycles. The lowest BCUT2D eigenvalue weighted by atomic mass is 10.2. The van der Waals surface area contributed by atoms with Crippen LogP contribution < -0.4 is 10.1 Å². The van der Waals surface area contributed by atoms with Crippen molar-refractivity contribution in [1.82, 2.24) is 5.32 Å². The molecule has 0 bridgehead atoms. The van der Waals surface area contributed by atoms with Gasteiger partial charge in [0.05, 0.1) is 6.61 Å². The normalized spacial score (nSPS) is 12.4. The number of benzene rings is 1. The van der Waals surface area contributed by atoms with Crippen molar-refractivity contribution in [3.05, 3.63) is 28.2 Å². The van der Waals surface area contributed by atoms with Gasteiger partial charge in [-0.25, -0.2) is 0 Å². The molecule has 1 aromatic rings. The van der Waals surface area contributed by atoms with Crippen LogP contribution in [0.5, 0.6) is 5.75 Å². The fourth-order valence-electron chi connectivity index (χ4n) is 1.61. The predicted octanol–water partition coefficient (Wildman–Crippen LogP) is 2.33. The van der Waals surface area contributed by atoms with E-state index in [2.05, 4.69) is 28.2 Å². The lowest BCUT2D eigenvalue weighted by Gasteiger charge is -2.13. The van der Waals surface area contributed by atoms with Crippen molar-refractivity contribution in [1.29, 1.82) is 0 Å². The average Bonchev–Trinajstić information content (AvgIpc) is 2.40. The largest absolute Gasteiger partial charge is 0.491 e. The molecule has 0 saturated carbocycles. The van der Waals surface area contributed by atoms with Gasteiger partial charge >= 0.3 is 0 Å². The van der Waals surface area contributed by atoms with Crippen molar-refractivity contribution in [2.75, 3.05) is 26.9 Å². The smallest absolute Gasteiger partial charge is 0.119 e. The molecule has 108 valence electrons. The van der Waals surface area contributed by atoms with Crippen LogP contribution in [0.25, 0.3) is 0 Å². The third kappa shape index (κ3) is 6.38. The van der Waals surface area contributed by atoms with Gasteiger partial charge in [0.15, 0.2) is 0 Å². The van der Waals surface area contributed by atoms with Gasteiger partial charge in [0, 0.05) is 18.1 Å². The average molecular weight is 332 g/mol. The number of hydrogen-bond donors (Lipinski definition) is 2. The molecular formula is C14H22BrNO3. The summed E-state index contributed by atoms with van der Waals surface area (Å²) < 4.78 is 11.5. The van der Waals surface area contributed by atoms with Gasteiger partial charge in [0.25, 0.3) is 0 Å². The predicted molar refractivity (Wildman–Crippen MR) is 79.5 cm³/mol. The highest BCUT2D eigenvalue weighted by atomic mass is 79.9. The summed E-state index contributed by atoms with van der Waals surface area (Å²) in [4.78, 5) is 0. The van der Waals surface area contributed by atoms with Crippen LogP contribution in [0.1, 0.15) is 18.9 Å². The Morgan fingerprint density at radius 3 is 2.84 bits per heavy atom. The van der Waals surface area contributed by atoms with Gasteiger partial charge in [0.2, 0.25) is 0 Å².